The lowest BCUT2D eigenvalue weighted by molar-refractivity contribution is 0.268. The Labute approximate surface area is 106 Å². The van der Waals surface area contributed by atoms with Gasteiger partial charge in [-0.2, -0.15) is 0 Å². The van der Waals surface area contributed by atoms with E-state index in [1.807, 2.05) is 36.9 Å². The lowest BCUT2D eigenvalue weighted by Crippen LogP contribution is -2.24. The fourth-order valence-corrected chi connectivity index (χ4v) is 2.06. The van der Waals surface area contributed by atoms with Gasteiger partial charge in [-0.15, -0.1) is 10.2 Å². The van der Waals surface area contributed by atoms with Crippen molar-refractivity contribution in [2.75, 3.05) is 14.1 Å². The lowest BCUT2D eigenvalue weighted by atomic mass is 10.1. The molecule has 0 amide bonds. The van der Waals surface area contributed by atoms with Gasteiger partial charge in [-0.3, -0.25) is 0 Å². The van der Waals surface area contributed by atoms with Crippen LogP contribution in [0.4, 0.5) is 0 Å². The summed E-state index contributed by atoms with van der Waals surface area (Å²) in [5, 5.41) is 8.42. The molecule has 1 heterocycles. The van der Waals surface area contributed by atoms with Crippen molar-refractivity contribution in [3.05, 3.63) is 47.5 Å². The average molecular weight is 251 g/mol. The first-order valence-corrected chi connectivity index (χ1v) is 5.79. The molecule has 0 bridgehead atoms. The van der Waals surface area contributed by atoms with E-state index in [1.54, 1.807) is 12.7 Å². The Morgan fingerprint density at radius 3 is 2.47 bits per heavy atom. The summed E-state index contributed by atoms with van der Waals surface area (Å²) in [4.78, 5) is 2.14. The monoisotopic (exact) mass is 250 g/mol. The summed E-state index contributed by atoms with van der Waals surface area (Å²) < 4.78 is 1.95. The second-order valence-corrected chi connectivity index (χ2v) is 4.57. The molecule has 1 atom stereocenters. The van der Waals surface area contributed by atoms with Gasteiger partial charge in [-0.1, -0.05) is 29.8 Å². The van der Waals surface area contributed by atoms with E-state index in [1.165, 1.54) is 0 Å². The Hall–Kier alpha value is -1.39. The molecular weight excluding hydrogens is 236 g/mol. The van der Waals surface area contributed by atoms with Crippen molar-refractivity contribution in [2.24, 2.45) is 0 Å². The minimum absolute atomic E-state index is 0.208. The molecule has 0 unspecified atom stereocenters. The van der Waals surface area contributed by atoms with E-state index in [0.717, 1.165) is 17.1 Å². The molecule has 0 aliphatic heterocycles. The highest BCUT2D eigenvalue weighted by Gasteiger charge is 2.17. The first kappa shape index (κ1) is 12.1. The molecule has 1 aromatic heterocycles. The van der Waals surface area contributed by atoms with Crippen LogP contribution in [0.1, 0.15) is 11.6 Å². The zero-order chi connectivity index (χ0) is 12.3. The highest BCUT2D eigenvalue weighted by molar-refractivity contribution is 6.31. The smallest absolute Gasteiger partial charge is 0.119 e. The van der Waals surface area contributed by atoms with Crippen LogP contribution in [0.5, 0.6) is 0 Å². The van der Waals surface area contributed by atoms with Crippen LogP contribution < -0.4 is 0 Å². The number of hydrogen-bond acceptors (Lipinski definition) is 3. The highest BCUT2D eigenvalue weighted by atomic mass is 35.5. The standard InChI is InChI=1S/C12H15ClN4/c1-16(2)12(7-17-8-14-15-9-17)10-5-3-4-6-11(10)13/h3-6,8-9,12H,7H2,1-2H3/t12-/m1/s1. The predicted octanol–water partition coefficient (Wildman–Crippen LogP) is 2.23. The van der Waals surface area contributed by atoms with E-state index in [4.69, 9.17) is 11.6 Å². The van der Waals surface area contributed by atoms with Crippen LogP contribution in [0.2, 0.25) is 5.02 Å². The summed E-state index contributed by atoms with van der Waals surface area (Å²) in [5.41, 5.74) is 1.12. The second kappa shape index (κ2) is 5.29. The summed E-state index contributed by atoms with van der Waals surface area (Å²) in [6, 6.07) is 8.12. The van der Waals surface area contributed by atoms with Crippen molar-refractivity contribution in [2.45, 2.75) is 12.6 Å². The Kier molecular flexibility index (Phi) is 3.76. The zero-order valence-corrected chi connectivity index (χ0v) is 10.7. The molecule has 0 aliphatic rings. The summed E-state index contributed by atoms with van der Waals surface area (Å²) in [6.07, 6.45) is 3.43. The molecule has 17 heavy (non-hydrogen) atoms. The molecule has 0 fully saturated rings. The fraction of sp³-hybridized carbons (Fsp3) is 0.333. The predicted molar refractivity (Wildman–Crippen MR) is 67.9 cm³/mol. The van der Waals surface area contributed by atoms with Gasteiger partial charge in [-0.05, 0) is 25.7 Å². The number of hydrogen-bond donors (Lipinski definition) is 0. The van der Waals surface area contributed by atoms with Gasteiger partial charge in [0.05, 0.1) is 6.04 Å². The summed E-state index contributed by atoms with van der Waals surface area (Å²) in [5.74, 6) is 0. The summed E-state index contributed by atoms with van der Waals surface area (Å²) >= 11 is 6.24. The lowest BCUT2D eigenvalue weighted by Gasteiger charge is -2.25. The van der Waals surface area contributed by atoms with Crippen molar-refractivity contribution >= 4 is 11.6 Å². The van der Waals surface area contributed by atoms with Crippen molar-refractivity contribution in [3.8, 4) is 0 Å². The van der Waals surface area contributed by atoms with Crippen LogP contribution in [0, 0.1) is 0 Å². The van der Waals surface area contributed by atoms with Crippen molar-refractivity contribution in [1.82, 2.24) is 19.7 Å². The van der Waals surface area contributed by atoms with Crippen LogP contribution >= 0.6 is 11.6 Å². The zero-order valence-electron chi connectivity index (χ0n) is 9.92. The highest BCUT2D eigenvalue weighted by Crippen LogP contribution is 2.27. The molecule has 2 aromatic rings. The first-order valence-electron chi connectivity index (χ1n) is 5.41. The van der Waals surface area contributed by atoms with Gasteiger partial charge in [0.25, 0.3) is 0 Å². The minimum Gasteiger partial charge on any atom is -0.318 e. The molecule has 0 radical (unpaired) electrons. The summed E-state index contributed by atoms with van der Waals surface area (Å²) in [7, 11) is 4.08. The third kappa shape index (κ3) is 2.84. The first-order chi connectivity index (χ1) is 8.18. The van der Waals surface area contributed by atoms with Gasteiger partial charge in [0.2, 0.25) is 0 Å². The third-order valence-corrected chi connectivity index (χ3v) is 3.08. The maximum absolute atomic E-state index is 6.24. The number of rotatable bonds is 4. The SMILES string of the molecule is CN(C)[C@H](Cn1cnnc1)c1ccccc1Cl. The van der Waals surface area contributed by atoms with E-state index >= 15 is 0 Å². The summed E-state index contributed by atoms with van der Waals surface area (Å²) in [6.45, 7) is 0.781. The quantitative estimate of drug-likeness (QED) is 0.835. The molecule has 0 saturated heterocycles. The van der Waals surface area contributed by atoms with Crippen molar-refractivity contribution < 1.29 is 0 Å². The Morgan fingerprint density at radius 1 is 1.24 bits per heavy atom. The normalized spacial score (nSPS) is 12.9. The van der Waals surface area contributed by atoms with Gasteiger partial charge in [0, 0.05) is 11.6 Å². The van der Waals surface area contributed by atoms with Crippen LogP contribution in [0.25, 0.3) is 0 Å². The van der Waals surface area contributed by atoms with Gasteiger partial charge < -0.3 is 9.47 Å². The molecule has 0 spiro atoms. The van der Waals surface area contributed by atoms with Crippen LogP contribution in [-0.4, -0.2) is 33.8 Å². The largest absolute Gasteiger partial charge is 0.318 e. The molecule has 0 N–H and O–H groups in total. The molecule has 1 aromatic carbocycles. The molecule has 4 nitrogen and oxygen atoms in total. The van der Waals surface area contributed by atoms with Gasteiger partial charge in [0.1, 0.15) is 12.7 Å². The van der Waals surface area contributed by atoms with Crippen LogP contribution in [-0.2, 0) is 6.54 Å². The maximum atomic E-state index is 6.24. The van der Waals surface area contributed by atoms with Gasteiger partial charge in [0.15, 0.2) is 0 Å². The average Bonchev–Trinajstić information content (AvgIpc) is 2.79. The van der Waals surface area contributed by atoms with E-state index < -0.39 is 0 Å². The molecular formula is C12H15ClN4. The van der Waals surface area contributed by atoms with Gasteiger partial charge >= 0.3 is 0 Å². The Morgan fingerprint density at radius 2 is 1.88 bits per heavy atom. The second-order valence-electron chi connectivity index (χ2n) is 4.16. The van der Waals surface area contributed by atoms with E-state index in [2.05, 4.69) is 21.2 Å². The Balaban J connectivity index is 2.27. The van der Waals surface area contributed by atoms with Crippen LogP contribution in [0.15, 0.2) is 36.9 Å². The van der Waals surface area contributed by atoms with E-state index in [0.29, 0.717) is 0 Å². The van der Waals surface area contributed by atoms with Gasteiger partial charge in [-0.25, -0.2) is 0 Å². The maximum Gasteiger partial charge on any atom is 0.119 e. The molecule has 0 saturated carbocycles. The number of nitrogens with zero attached hydrogens (tertiary/aromatic N) is 4. The van der Waals surface area contributed by atoms with Crippen molar-refractivity contribution in [1.29, 1.82) is 0 Å². The number of halogens is 1. The number of aromatic nitrogens is 3. The molecule has 90 valence electrons. The van der Waals surface area contributed by atoms with Crippen molar-refractivity contribution in [3.63, 3.8) is 0 Å². The fourth-order valence-electron chi connectivity index (χ4n) is 1.80. The molecule has 2 rings (SSSR count). The number of benzene rings is 1. The number of likely N-dealkylation sites (N-methyl/N-ethyl adjacent to an activating group) is 1. The molecule has 5 heteroatoms. The van der Waals surface area contributed by atoms with E-state index in [9.17, 15) is 0 Å². The topological polar surface area (TPSA) is 34.0 Å². The third-order valence-electron chi connectivity index (χ3n) is 2.74. The Bertz CT molecular complexity index is 467. The minimum atomic E-state index is 0.208. The molecule has 0 aliphatic carbocycles. The van der Waals surface area contributed by atoms with E-state index in [-0.39, 0.29) is 6.04 Å². The van der Waals surface area contributed by atoms with Crippen LogP contribution in [0.3, 0.4) is 0 Å².